The van der Waals surface area contributed by atoms with Crippen LogP contribution in [0.5, 0.6) is 0 Å². The Kier molecular flexibility index (Phi) is 6.42. The summed E-state index contributed by atoms with van der Waals surface area (Å²) in [5, 5.41) is 4.89. The maximum Gasteiger partial charge on any atom is 0.410 e. The Morgan fingerprint density at radius 1 is 1.00 bits per heavy atom. The van der Waals surface area contributed by atoms with Crippen LogP contribution in [0.15, 0.2) is 24.3 Å². The second-order valence-corrected chi connectivity index (χ2v) is 8.88. The molecule has 4 rings (SSSR count). The summed E-state index contributed by atoms with van der Waals surface area (Å²) in [5.74, 6) is 0. The second-order valence-electron chi connectivity index (χ2n) is 8.88. The number of piperidine rings is 1. The van der Waals surface area contributed by atoms with Crippen molar-refractivity contribution in [2.45, 2.75) is 72.2 Å². The zero-order chi connectivity index (χ0) is 21.1. The third-order valence-electron chi connectivity index (χ3n) is 6.30. The summed E-state index contributed by atoms with van der Waals surface area (Å²) < 4.78 is 7.74. The van der Waals surface area contributed by atoms with Crippen molar-refractivity contribution in [3.63, 3.8) is 0 Å². The highest BCUT2D eigenvalue weighted by Crippen LogP contribution is 2.25. The number of hydrogen-bond acceptors (Lipinski definition) is 4. The van der Waals surface area contributed by atoms with Gasteiger partial charge < -0.3 is 9.64 Å². The maximum atomic E-state index is 12.8. The number of aryl methyl sites for hydroxylation is 3. The summed E-state index contributed by atoms with van der Waals surface area (Å²) >= 11 is 0. The van der Waals surface area contributed by atoms with Gasteiger partial charge in [-0.25, -0.2) is 4.79 Å². The predicted octanol–water partition coefficient (Wildman–Crippen LogP) is 4.59. The van der Waals surface area contributed by atoms with Crippen LogP contribution >= 0.6 is 0 Å². The Balaban J connectivity index is 1.40. The normalized spacial score (nSPS) is 18.6. The molecule has 6 nitrogen and oxygen atoms in total. The highest BCUT2D eigenvalue weighted by molar-refractivity contribution is 5.67. The molecule has 1 saturated heterocycles. The number of carbonyl (C=O) groups is 1. The first-order chi connectivity index (χ1) is 14.5. The number of ether oxygens (including phenoxy) is 1. The van der Waals surface area contributed by atoms with E-state index in [0.717, 1.165) is 43.0 Å². The zero-order valence-electron chi connectivity index (χ0n) is 18.6. The van der Waals surface area contributed by atoms with Gasteiger partial charge >= 0.3 is 6.09 Å². The first kappa shape index (κ1) is 20.9. The second kappa shape index (κ2) is 9.21. The molecule has 0 saturated carbocycles. The van der Waals surface area contributed by atoms with E-state index in [9.17, 15) is 4.79 Å². The van der Waals surface area contributed by atoms with Crippen molar-refractivity contribution in [1.29, 1.82) is 0 Å². The van der Waals surface area contributed by atoms with Crippen molar-refractivity contribution in [2.75, 3.05) is 19.6 Å². The van der Waals surface area contributed by atoms with E-state index in [-0.39, 0.29) is 6.09 Å². The lowest BCUT2D eigenvalue weighted by Gasteiger charge is -2.31. The molecule has 1 unspecified atom stereocenters. The Hall–Kier alpha value is -2.34. The quantitative estimate of drug-likeness (QED) is 0.740. The van der Waals surface area contributed by atoms with Crippen molar-refractivity contribution in [3.05, 3.63) is 52.3 Å². The Bertz CT molecular complexity index is 865. The molecule has 2 aromatic rings. The molecule has 2 aliphatic heterocycles. The van der Waals surface area contributed by atoms with Crippen LogP contribution in [-0.2, 0) is 24.4 Å². The average Bonchev–Trinajstić information content (AvgIpc) is 3.02. The lowest BCUT2D eigenvalue weighted by Crippen LogP contribution is -2.32. The monoisotopic (exact) mass is 410 g/mol. The number of benzene rings is 1. The zero-order valence-corrected chi connectivity index (χ0v) is 18.6. The van der Waals surface area contributed by atoms with E-state index in [1.807, 2.05) is 4.90 Å². The van der Waals surface area contributed by atoms with Crippen molar-refractivity contribution in [2.24, 2.45) is 0 Å². The maximum absolute atomic E-state index is 12.8. The molecule has 30 heavy (non-hydrogen) atoms. The van der Waals surface area contributed by atoms with Gasteiger partial charge in [0.25, 0.3) is 0 Å². The first-order valence-corrected chi connectivity index (χ1v) is 11.3. The van der Waals surface area contributed by atoms with E-state index in [1.165, 1.54) is 30.4 Å². The van der Waals surface area contributed by atoms with Crippen molar-refractivity contribution in [1.82, 2.24) is 19.6 Å². The van der Waals surface area contributed by atoms with E-state index < -0.39 is 0 Å². The van der Waals surface area contributed by atoms with E-state index >= 15 is 0 Å². The van der Waals surface area contributed by atoms with Gasteiger partial charge in [0.1, 0.15) is 6.61 Å². The predicted molar refractivity (Wildman–Crippen MR) is 117 cm³/mol. The fourth-order valence-corrected chi connectivity index (χ4v) is 4.73. The molecule has 0 aliphatic carbocycles. The lowest BCUT2D eigenvalue weighted by molar-refractivity contribution is 0.0941. The minimum Gasteiger partial charge on any atom is -0.445 e. The molecule has 1 amide bonds. The standard InChI is InChI=1S/C24H34N4O2/c1-18-12-19(2)14-21(13-18)17-30-24(29)27-10-7-11-28-22(16-27)15-23(25-28)20(3)26-8-5-4-6-9-26/h12-15,20H,4-11,16-17H2,1-3H3. The van der Waals surface area contributed by atoms with Crippen LogP contribution < -0.4 is 0 Å². The van der Waals surface area contributed by atoms with E-state index in [4.69, 9.17) is 9.84 Å². The molecule has 6 heteroatoms. The highest BCUT2D eigenvalue weighted by Gasteiger charge is 2.25. The molecule has 3 heterocycles. The summed E-state index contributed by atoms with van der Waals surface area (Å²) in [7, 11) is 0. The third-order valence-corrected chi connectivity index (χ3v) is 6.30. The summed E-state index contributed by atoms with van der Waals surface area (Å²) in [5.41, 5.74) is 5.65. The summed E-state index contributed by atoms with van der Waals surface area (Å²) in [4.78, 5) is 17.1. The minimum absolute atomic E-state index is 0.241. The van der Waals surface area contributed by atoms with Crippen molar-refractivity contribution < 1.29 is 9.53 Å². The van der Waals surface area contributed by atoms with Gasteiger partial charge in [0, 0.05) is 13.1 Å². The number of likely N-dealkylation sites (tertiary alicyclic amines) is 1. The average molecular weight is 411 g/mol. The van der Waals surface area contributed by atoms with Crippen molar-refractivity contribution >= 4 is 6.09 Å². The first-order valence-electron chi connectivity index (χ1n) is 11.3. The Labute approximate surface area is 179 Å². The fraction of sp³-hybridized carbons (Fsp3) is 0.583. The van der Waals surface area contributed by atoms with E-state index in [1.54, 1.807) is 0 Å². The van der Waals surface area contributed by atoms with Crippen LogP contribution in [0.25, 0.3) is 0 Å². The highest BCUT2D eigenvalue weighted by atomic mass is 16.6. The van der Waals surface area contributed by atoms with Gasteiger partial charge in [-0.05, 0) is 64.8 Å². The molecule has 1 aromatic heterocycles. The van der Waals surface area contributed by atoms with Crippen LogP contribution in [0.1, 0.15) is 66.7 Å². The molecular formula is C24H34N4O2. The van der Waals surface area contributed by atoms with Gasteiger partial charge in [0.2, 0.25) is 0 Å². The van der Waals surface area contributed by atoms with Crippen LogP contribution in [0.3, 0.4) is 0 Å². The molecule has 1 fully saturated rings. The topological polar surface area (TPSA) is 50.6 Å². The number of amides is 1. The minimum atomic E-state index is -0.241. The SMILES string of the molecule is Cc1cc(C)cc(COC(=O)N2CCCn3nc(C(C)N4CCCCC4)cc3C2)c1. The molecule has 0 bridgehead atoms. The number of hydrogen-bond donors (Lipinski definition) is 0. The smallest absolute Gasteiger partial charge is 0.410 e. The van der Waals surface area contributed by atoms with Gasteiger partial charge in [-0.2, -0.15) is 5.10 Å². The molecule has 1 atom stereocenters. The molecule has 1 aromatic carbocycles. The van der Waals surface area contributed by atoms with Crippen LogP contribution in [0.2, 0.25) is 0 Å². The molecule has 162 valence electrons. The molecule has 2 aliphatic rings. The Morgan fingerprint density at radius 3 is 2.47 bits per heavy atom. The van der Waals surface area contributed by atoms with Gasteiger partial charge in [0.05, 0.1) is 24.0 Å². The Morgan fingerprint density at radius 2 is 1.73 bits per heavy atom. The number of rotatable bonds is 4. The van der Waals surface area contributed by atoms with E-state index in [2.05, 4.69) is 54.6 Å². The molecule has 0 N–H and O–H groups in total. The fourth-order valence-electron chi connectivity index (χ4n) is 4.73. The summed E-state index contributed by atoms with van der Waals surface area (Å²) in [6.45, 7) is 11.1. The van der Waals surface area contributed by atoms with Gasteiger partial charge in [-0.1, -0.05) is 35.7 Å². The third kappa shape index (κ3) is 4.86. The molecule has 0 spiro atoms. The number of aromatic nitrogens is 2. The number of nitrogens with zero attached hydrogens (tertiary/aromatic N) is 4. The summed E-state index contributed by atoms with van der Waals surface area (Å²) in [6.07, 6.45) is 4.54. The van der Waals surface area contributed by atoms with Crippen LogP contribution in [0.4, 0.5) is 4.79 Å². The lowest BCUT2D eigenvalue weighted by atomic mass is 10.1. The number of carbonyl (C=O) groups excluding carboxylic acids is 1. The molecular weight excluding hydrogens is 376 g/mol. The van der Waals surface area contributed by atoms with Crippen molar-refractivity contribution in [3.8, 4) is 0 Å². The van der Waals surface area contributed by atoms with Gasteiger partial charge in [-0.3, -0.25) is 9.58 Å². The van der Waals surface area contributed by atoms with Gasteiger partial charge in [-0.15, -0.1) is 0 Å². The van der Waals surface area contributed by atoms with E-state index in [0.29, 0.717) is 25.7 Å². The van der Waals surface area contributed by atoms with Crippen LogP contribution in [-0.4, -0.2) is 45.3 Å². The number of fused-ring (bicyclic) bond motifs is 1. The largest absolute Gasteiger partial charge is 0.445 e. The molecule has 0 radical (unpaired) electrons. The van der Waals surface area contributed by atoms with Gasteiger partial charge in [0.15, 0.2) is 0 Å². The summed E-state index contributed by atoms with van der Waals surface area (Å²) in [6, 6.07) is 8.80. The van der Waals surface area contributed by atoms with Crippen LogP contribution in [0, 0.1) is 13.8 Å².